The molecular weight excluding hydrogens is 285 g/mol. The summed E-state index contributed by atoms with van der Waals surface area (Å²) in [7, 11) is -4.04. The minimum atomic E-state index is -4.04. The van der Waals surface area contributed by atoms with E-state index in [1.54, 1.807) is 6.92 Å². The second-order valence-corrected chi connectivity index (χ2v) is 5.75. The van der Waals surface area contributed by atoms with Gasteiger partial charge in [0.2, 0.25) is 0 Å². The highest BCUT2D eigenvalue weighted by Gasteiger charge is 2.20. The lowest BCUT2D eigenvalue weighted by atomic mass is 10.3. The van der Waals surface area contributed by atoms with E-state index in [4.69, 9.17) is 4.52 Å². The molecule has 108 valence electrons. The van der Waals surface area contributed by atoms with Crippen LogP contribution in [-0.2, 0) is 10.0 Å². The molecule has 0 unspecified atom stereocenters. The number of aryl methyl sites for hydroxylation is 1. The van der Waals surface area contributed by atoms with E-state index >= 15 is 0 Å². The molecule has 0 aliphatic carbocycles. The van der Waals surface area contributed by atoms with Crippen molar-refractivity contribution in [3.8, 4) is 0 Å². The Bertz CT molecular complexity index is 712. The van der Waals surface area contributed by atoms with Gasteiger partial charge >= 0.3 is 0 Å². The summed E-state index contributed by atoms with van der Waals surface area (Å²) in [6, 6.07) is 5.23. The lowest BCUT2D eigenvalue weighted by Gasteiger charge is -2.08. The van der Waals surface area contributed by atoms with Gasteiger partial charge in [0, 0.05) is 18.3 Å². The second-order valence-electron chi connectivity index (χ2n) is 4.10. The van der Waals surface area contributed by atoms with Gasteiger partial charge in [0.25, 0.3) is 10.0 Å². The van der Waals surface area contributed by atoms with Crippen molar-refractivity contribution in [2.45, 2.75) is 18.7 Å². The molecule has 0 spiro atoms. The van der Waals surface area contributed by atoms with Gasteiger partial charge < -0.3 is 9.84 Å². The lowest BCUT2D eigenvalue weighted by molar-refractivity contribution is 0.400. The zero-order valence-electron chi connectivity index (χ0n) is 11.0. The maximum Gasteiger partial charge on any atom is 0.266 e. The summed E-state index contributed by atoms with van der Waals surface area (Å²) >= 11 is 0. The van der Waals surface area contributed by atoms with E-state index < -0.39 is 20.7 Å². The SMILES string of the molecule is CCNc1ccc(S(=O)(=O)Nc2cc(C)on2)c(F)c1. The number of sulfonamides is 1. The maximum absolute atomic E-state index is 13.9. The van der Waals surface area contributed by atoms with Crippen LogP contribution in [0.2, 0.25) is 0 Å². The van der Waals surface area contributed by atoms with E-state index in [0.717, 1.165) is 6.07 Å². The molecule has 1 aromatic heterocycles. The molecule has 20 heavy (non-hydrogen) atoms. The first-order valence-electron chi connectivity index (χ1n) is 5.92. The molecule has 1 heterocycles. The molecule has 2 rings (SSSR count). The normalized spacial score (nSPS) is 11.3. The summed E-state index contributed by atoms with van der Waals surface area (Å²) in [5.41, 5.74) is 0.515. The molecule has 0 atom stereocenters. The predicted octanol–water partition coefficient (Wildman–Crippen LogP) is 2.35. The number of hydrogen-bond donors (Lipinski definition) is 2. The Balaban J connectivity index is 2.29. The number of hydrogen-bond acceptors (Lipinski definition) is 5. The molecule has 0 saturated carbocycles. The zero-order valence-corrected chi connectivity index (χ0v) is 11.8. The number of benzene rings is 1. The first kappa shape index (κ1) is 14.3. The van der Waals surface area contributed by atoms with E-state index in [2.05, 4.69) is 15.2 Å². The van der Waals surface area contributed by atoms with Crippen LogP contribution in [-0.4, -0.2) is 20.1 Å². The maximum atomic E-state index is 13.9. The van der Waals surface area contributed by atoms with Crippen molar-refractivity contribution < 1.29 is 17.3 Å². The van der Waals surface area contributed by atoms with E-state index in [9.17, 15) is 12.8 Å². The second kappa shape index (κ2) is 5.49. The average Bonchev–Trinajstić information content (AvgIpc) is 2.74. The highest BCUT2D eigenvalue weighted by Crippen LogP contribution is 2.21. The summed E-state index contributed by atoms with van der Waals surface area (Å²) in [4.78, 5) is -0.445. The van der Waals surface area contributed by atoms with Gasteiger partial charge in [0.15, 0.2) is 5.82 Å². The largest absolute Gasteiger partial charge is 0.385 e. The number of aromatic nitrogens is 1. The van der Waals surface area contributed by atoms with Crippen molar-refractivity contribution in [1.82, 2.24) is 5.16 Å². The van der Waals surface area contributed by atoms with E-state index in [1.807, 2.05) is 6.92 Å². The third-order valence-electron chi connectivity index (χ3n) is 2.47. The number of nitrogens with one attached hydrogen (secondary N) is 2. The third kappa shape index (κ3) is 3.08. The van der Waals surface area contributed by atoms with Crippen molar-refractivity contribution in [2.24, 2.45) is 0 Å². The Labute approximate surface area is 116 Å². The Hall–Kier alpha value is -2.09. The first-order valence-corrected chi connectivity index (χ1v) is 7.40. The third-order valence-corrected chi connectivity index (χ3v) is 3.86. The Morgan fingerprint density at radius 1 is 1.35 bits per heavy atom. The predicted molar refractivity (Wildman–Crippen MR) is 72.6 cm³/mol. The summed E-state index contributed by atoms with van der Waals surface area (Å²) in [5, 5.41) is 6.40. The van der Waals surface area contributed by atoms with Gasteiger partial charge in [-0.1, -0.05) is 5.16 Å². The number of halogens is 1. The van der Waals surface area contributed by atoms with Crippen molar-refractivity contribution in [1.29, 1.82) is 0 Å². The van der Waals surface area contributed by atoms with Gasteiger partial charge in [-0.2, -0.15) is 0 Å². The van der Waals surface area contributed by atoms with Crippen molar-refractivity contribution in [3.05, 3.63) is 35.8 Å². The molecule has 0 radical (unpaired) electrons. The Kier molecular flexibility index (Phi) is 3.93. The molecule has 0 fully saturated rings. The van der Waals surface area contributed by atoms with E-state index in [0.29, 0.717) is 18.0 Å². The van der Waals surface area contributed by atoms with Crippen LogP contribution >= 0.6 is 0 Å². The van der Waals surface area contributed by atoms with Crippen LogP contribution in [0.1, 0.15) is 12.7 Å². The van der Waals surface area contributed by atoms with Crippen LogP contribution in [0.4, 0.5) is 15.9 Å². The highest BCUT2D eigenvalue weighted by atomic mass is 32.2. The molecular formula is C12H14FN3O3S. The van der Waals surface area contributed by atoms with Crippen LogP contribution in [0.5, 0.6) is 0 Å². The first-order chi connectivity index (χ1) is 9.42. The fraction of sp³-hybridized carbons (Fsp3) is 0.250. The van der Waals surface area contributed by atoms with Gasteiger partial charge in [-0.05, 0) is 32.0 Å². The highest BCUT2D eigenvalue weighted by molar-refractivity contribution is 7.92. The van der Waals surface area contributed by atoms with Crippen LogP contribution < -0.4 is 10.0 Å². The summed E-state index contributed by atoms with van der Waals surface area (Å²) < 4.78 is 44.9. The minimum Gasteiger partial charge on any atom is -0.385 e. The van der Waals surface area contributed by atoms with Crippen LogP contribution in [0, 0.1) is 12.7 Å². The van der Waals surface area contributed by atoms with E-state index in [1.165, 1.54) is 18.2 Å². The standard InChI is InChI=1S/C12H14FN3O3S/c1-3-14-9-4-5-11(10(13)7-9)20(17,18)16-12-6-8(2)19-15-12/h4-7,14H,3H2,1-2H3,(H,15,16). The minimum absolute atomic E-state index is 0.0117. The Morgan fingerprint density at radius 2 is 2.10 bits per heavy atom. The topological polar surface area (TPSA) is 84.2 Å². The van der Waals surface area contributed by atoms with Gasteiger partial charge in [-0.3, -0.25) is 4.72 Å². The van der Waals surface area contributed by atoms with Crippen molar-refractivity contribution in [2.75, 3.05) is 16.6 Å². The molecule has 0 aliphatic heterocycles. The fourth-order valence-corrected chi connectivity index (χ4v) is 2.68. The summed E-state index contributed by atoms with van der Waals surface area (Å²) in [5.74, 6) is -0.375. The molecule has 0 aliphatic rings. The molecule has 6 nitrogen and oxygen atoms in total. The van der Waals surface area contributed by atoms with Crippen LogP contribution in [0.3, 0.4) is 0 Å². The number of rotatable bonds is 5. The zero-order chi connectivity index (χ0) is 14.8. The quantitative estimate of drug-likeness (QED) is 0.885. The summed E-state index contributed by atoms with van der Waals surface area (Å²) in [6.07, 6.45) is 0. The molecule has 0 bridgehead atoms. The molecule has 0 amide bonds. The smallest absolute Gasteiger partial charge is 0.266 e. The molecule has 0 saturated heterocycles. The van der Waals surface area contributed by atoms with Crippen molar-refractivity contribution >= 4 is 21.5 Å². The Morgan fingerprint density at radius 3 is 2.65 bits per heavy atom. The fourth-order valence-electron chi connectivity index (χ4n) is 1.64. The van der Waals surface area contributed by atoms with Crippen LogP contribution in [0.15, 0.2) is 33.7 Å². The van der Waals surface area contributed by atoms with Gasteiger partial charge in [-0.15, -0.1) is 0 Å². The molecule has 1 aromatic carbocycles. The lowest BCUT2D eigenvalue weighted by Crippen LogP contribution is -2.15. The van der Waals surface area contributed by atoms with Gasteiger partial charge in [0.1, 0.15) is 16.5 Å². The number of nitrogens with zero attached hydrogens (tertiary/aromatic N) is 1. The molecule has 2 N–H and O–H groups in total. The molecule has 8 heteroatoms. The van der Waals surface area contributed by atoms with Crippen LogP contribution in [0.25, 0.3) is 0 Å². The molecule has 2 aromatic rings. The van der Waals surface area contributed by atoms with Gasteiger partial charge in [0.05, 0.1) is 0 Å². The van der Waals surface area contributed by atoms with Crippen molar-refractivity contribution in [3.63, 3.8) is 0 Å². The number of anilines is 2. The monoisotopic (exact) mass is 299 g/mol. The summed E-state index contributed by atoms with van der Waals surface area (Å²) in [6.45, 7) is 4.09. The average molecular weight is 299 g/mol. The van der Waals surface area contributed by atoms with Gasteiger partial charge in [-0.25, -0.2) is 12.8 Å². The van der Waals surface area contributed by atoms with E-state index in [-0.39, 0.29) is 5.82 Å².